The van der Waals surface area contributed by atoms with Crippen LogP contribution in [0.1, 0.15) is 5.56 Å². The van der Waals surface area contributed by atoms with Crippen LogP contribution in [0, 0.1) is 0 Å². The maximum absolute atomic E-state index is 12.0. The minimum absolute atomic E-state index is 0.0994. The Hall–Kier alpha value is -2.20. The monoisotopic (exact) mass is 340 g/mol. The first-order chi connectivity index (χ1) is 10.2. The van der Waals surface area contributed by atoms with E-state index < -0.39 is 0 Å². The van der Waals surface area contributed by atoms with Crippen molar-refractivity contribution in [1.29, 1.82) is 0 Å². The third-order valence-electron chi connectivity index (χ3n) is 3.16. The minimum atomic E-state index is -0.0994. The predicted molar refractivity (Wildman–Crippen MR) is 87.2 cm³/mol. The molecule has 0 atom stereocenters. The summed E-state index contributed by atoms with van der Waals surface area (Å²) in [4.78, 5) is 12.0. The van der Waals surface area contributed by atoms with Gasteiger partial charge in [-0.2, -0.15) is 5.10 Å². The topological polar surface area (TPSA) is 34.9 Å². The van der Waals surface area contributed by atoms with Crippen molar-refractivity contribution in [2.24, 2.45) is 0 Å². The molecule has 1 aromatic heterocycles. The average molecular weight is 341 g/mol. The SMILES string of the molecule is O=c1ccc(-c2cccc(Br)c2)nn1Cc1ccccc1. The van der Waals surface area contributed by atoms with Crippen molar-refractivity contribution in [3.05, 3.63) is 87.1 Å². The summed E-state index contributed by atoms with van der Waals surface area (Å²) in [7, 11) is 0. The molecule has 0 saturated heterocycles. The van der Waals surface area contributed by atoms with Gasteiger partial charge in [0.1, 0.15) is 0 Å². The minimum Gasteiger partial charge on any atom is -0.268 e. The first-order valence-corrected chi connectivity index (χ1v) is 7.40. The van der Waals surface area contributed by atoms with Gasteiger partial charge >= 0.3 is 0 Å². The molecule has 3 nitrogen and oxygen atoms in total. The highest BCUT2D eigenvalue weighted by molar-refractivity contribution is 9.10. The second-order valence-corrected chi connectivity index (χ2v) is 5.63. The number of nitrogens with zero attached hydrogens (tertiary/aromatic N) is 2. The van der Waals surface area contributed by atoms with Gasteiger partial charge in [-0.1, -0.05) is 58.4 Å². The van der Waals surface area contributed by atoms with Gasteiger partial charge in [-0.3, -0.25) is 4.79 Å². The van der Waals surface area contributed by atoms with Crippen molar-refractivity contribution < 1.29 is 0 Å². The van der Waals surface area contributed by atoms with Crippen LogP contribution < -0.4 is 5.56 Å². The van der Waals surface area contributed by atoms with E-state index in [9.17, 15) is 4.79 Å². The lowest BCUT2D eigenvalue weighted by molar-refractivity contribution is 0.643. The molecule has 0 bridgehead atoms. The maximum atomic E-state index is 12.0. The van der Waals surface area contributed by atoms with Crippen molar-refractivity contribution >= 4 is 15.9 Å². The quantitative estimate of drug-likeness (QED) is 0.728. The number of rotatable bonds is 3. The maximum Gasteiger partial charge on any atom is 0.267 e. The molecule has 1 heterocycles. The summed E-state index contributed by atoms with van der Waals surface area (Å²) in [6.45, 7) is 0.474. The second-order valence-electron chi connectivity index (χ2n) is 4.71. The normalized spacial score (nSPS) is 10.5. The largest absolute Gasteiger partial charge is 0.268 e. The molecule has 0 N–H and O–H groups in total. The zero-order chi connectivity index (χ0) is 14.7. The van der Waals surface area contributed by atoms with Crippen molar-refractivity contribution in [1.82, 2.24) is 9.78 Å². The highest BCUT2D eigenvalue weighted by Gasteiger charge is 2.04. The van der Waals surface area contributed by atoms with E-state index in [1.807, 2.05) is 54.6 Å². The lowest BCUT2D eigenvalue weighted by atomic mass is 10.1. The fourth-order valence-electron chi connectivity index (χ4n) is 2.12. The number of hydrogen-bond acceptors (Lipinski definition) is 2. The summed E-state index contributed by atoms with van der Waals surface area (Å²) in [5.41, 5.74) is 2.72. The zero-order valence-electron chi connectivity index (χ0n) is 11.2. The lowest BCUT2D eigenvalue weighted by Crippen LogP contribution is -2.22. The summed E-state index contributed by atoms with van der Waals surface area (Å²) < 4.78 is 2.48. The Morgan fingerprint density at radius 3 is 2.52 bits per heavy atom. The average Bonchev–Trinajstić information content (AvgIpc) is 2.50. The van der Waals surface area contributed by atoms with E-state index in [0.717, 1.165) is 21.3 Å². The Morgan fingerprint density at radius 2 is 1.76 bits per heavy atom. The second kappa shape index (κ2) is 6.06. The highest BCUT2D eigenvalue weighted by atomic mass is 79.9. The Balaban J connectivity index is 1.99. The molecule has 0 fully saturated rings. The number of aromatic nitrogens is 2. The Kier molecular flexibility index (Phi) is 3.97. The van der Waals surface area contributed by atoms with Crippen LogP contribution in [0.15, 0.2) is 76.0 Å². The molecule has 2 aromatic carbocycles. The fourth-order valence-corrected chi connectivity index (χ4v) is 2.52. The van der Waals surface area contributed by atoms with E-state index in [1.54, 1.807) is 12.1 Å². The van der Waals surface area contributed by atoms with E-state index in [0.29, 0.717) is 6.54 Å². The van der Waals surface area contributed by atoms with Gasteiger partial charge in [-0.15, -0.1) is 0 Å². The van der Waals surface area contributed by atoms with Crippen LogP contribution in [0.25, 0.3) is 11.3 Å². The molecule has 0 unspecified atom stereocenters. The van der Waals surface area contributed by atoms with E-state index in [1.165, 1.54) is 4.68 Å². The van der Waals surface area contributed by atoms with Gasteiger partial charge in [0.15, 0.2) is 0 Å². The summed E-state index contributed by atoms with van der Waals surface area (Å²) in [6.07, 6.45) is 0. The molecule has 0 aliphatic carbocycles. The summed E-state index contributed by atoms with van der Waals surface area (Å²) in [5.74, 6) is 0. The highest BCUT2D eigenvalue weighted by Crippen LogP contribution is 2.20. The van der Waals surface area contributed by atoms with Gasteiger partial charge in [0.2, 0.25) is 0 Å². The Bertz CT molecular complexity index is 812. The third-order valence-corrected chi connectivity index (χ3v) is 3.66. The van der Waals surface area contributed by atoms with Gasteiger partial charge in [0.05, 0.1) is 12.2 Å². The molecular formula is C17H13BrN2O. The molecule has 4 heteroatoms. The number of benzene rings is 2. The first-order valence-electron chi connectivity index (χ1n) is 6.60. The standard InChI is InChI=1S/C17H13BrN2O/c18-15-8-4-7-14(11-15)16-9-10-17(21)20(19-16)12-13-5-2-1-3-6-13/h1-11H,12H2. The summed E-state index contributed by atoms with van der Waals surface area (Å²) in [5, 5.41) is 4.46. The molecule has 104 valence electrons. The van der Waals surface area contributed by atoms with Crippen LogP contribution in [0.2, 0.25) is 0 Å². The smallest absolute Gasteiger partial charge is 0.267 e. The van der Waals surface area contributed by atoms with Crippen LogP contribution >= 0.6 is 15.9 Å². The molecule has 0 spiro atoms. The lowest BCUT2D eigenvalue weighted by Gasteiger charge is -2.07. The van der Waals surface area contributed by atoms with Crippen molar-refractivity contribution in [2.75, 3.05) is 0 Å². The van der Waals surface area contributed by atoms with Gasteiger partial charge in [-0.05, 0) is 23.8 Å². The van der Waals surface area contributed by atoms with E-state index in [2.05, 4.69) is 21.0 Å². The van der Waals surface area contributed by atoms with Crippen LogP contribution in [0.4, 0.5) is 0 Å². The van der Waals surface area contributed by atoms with Crippen LogP contribution in [0.5, 0.6) is 0 Å². The zero-order valence-corrected chi connectivity index (χ0v) is 12.8. The molecule has 0 saturated carbocycles. The van der Waals surface area contributed by atoms with Gasteiger partial charge in [0, 0.05) is 16.1 Å². The van der Waals surface area contributed by atoms with Gasteiger partial charge in [-0.25, -0.2) is 4.68 Å². The van der Waals surface area contributed by atoms with Gasteiger partial charge in [0.25, 0.3) is 5.56 Å². The van der Waals surface area contributed by atoms with Crippen LogP contribution in [-0.4, -0.2) is 9.78 Å². The summed E-state index contributed by atoms with van der Waals surface area (Å²) in [6, 6.07) is 21.0. The molecule has 0 amide bonds. The fraction of sp³-hybridized carbons (Fsp3) is 0.0588. The predicted octanol–water partition coefficient (Wildman–Crippen LogP) is 3.72. The molecular weight excluding hydrogens is 328 g/mol. The number of halogens is 1. The van der Waals surface area contributed by atoms with Crippen LogP contribution in [-0.2, 0) is 6.54 Å². The molecule has 3 rings (SSSR count). The Morgan fingerprint density at radius 1 is 0.952 bits per heavy atom. The molecule has 21 heavy (non-hydrogen) atoms. The van der Waals surface area contributed by atoms with Crippen molar-refractivity contribution in [3.63, 3.8) is 0 Å². The Labute approximate surface area is 131 Å². The summed E-state index contributed by atoms with van der Waals surface area (Å²) >= 11 is 3.45. The van der Waals surface area contributed by atoms with E-state index in [4.69, 9.17) is 0 Å². The van der Waals surface area contributed by atoms with Crippen molar-refractivity contribution in [2.45, 2.75) is 6.54 Å². The number of hydrogen-bond donors (Lipinski definition) is 0. The molecule has 0 aliphatic heterocycles. The van der Waals surface area contributed by atoms with Crippen LogP contribution in [0.3, 0.4) is 0 Å². The van der Waals surface area contributed by atoms with E-state index in [-0.39, 0.29) is 5.56 Å². The van der Waals surface area contributed by atoms with E-state index >= 15 is 0 Å². The van der Waals surface area contributed by atoms with Gasteiger partial charge < -0.3 is 0 Å². The molecule has 0 aliphatic rings. The van der Waals surface area contributed by atoms with Crippen molar-refractivity contribution in [3.8, 4) is 11.3 Å². The molecule has 0 radical (unpaired) electrons. The first kappa shape index (κ1) is 13.8. The molecule has 3 aromatic rings. The third kappa shape index (κ3) is 3.28.